The van der Waals surface area contributed by atoms with Crippen LogP contribution in [0.2, 0.25) is 0 Å². The average molecular weight is 538 g/mol. The van der Waals surface area contributed by atoms with Crippen molar-refractivity contribution < 1.29 is 23.0 Å². The minimum Gasteiger partial charge on any atom is -0.490 e. The van der Waals surface area contributed by atoms with Gasteiger partial charge < -0.3 is 19.4 Å². The van der Waals surface area contributed by atoms with Gasteiger partial charge in [0.05, 0.1) is 27.1 Å². The normalized spacial score (nSPS) is 12.5. The first-order chi connectivity index (χ1) is 15.9. The summed E-state index contributed by atoms with van der Waals surface area (Å²) in [5.74, 6) is 0.397. The number of aryl methyl sites for hydroxylation is 2. The number of benzene rings is 1. The Labute approximate surface area is 203 Å². The molecule has 2 heterocycles. The van der Waals surface area contributed by atoms with Crippen molar-refractivity contribution in [2.45, 2.75) is 45.8 Å². The second kappa shape index (κ2) is 10.1. The number of alkyl carbamates (subject to hydrolysis) is 1. The maximum Gasteiger partial charge on any atom is 0.408 e. The van der Waals surface area contributed by atoms with Crippen LogP contribution in [0.15, 0.2) is 45.8 Å². The third-order valence-corrected chi connectivity index (χ3v) is 5.70. The molecule has 7 nitrogen and oxygen atoms in total. The maximum absolute atomic E-state index is 12.9. The molecule has 0 aliphatic heterocycles. The lowest BCUT2D eigenvalue weighted by Gasteiger charge is -2.23. The van der Waals surface area contributed by atoms with Crippen molar-refractivity contribution in [1.82, 2.24) is 14.9 Å². The number of rotatable bonds is 6. The third-order valence-electron chi connectivity index (χ3n) is 5.08. The Morgan fingerprint density at radius 1 is 1.29 bits per heavy atom. The summed E-state index contributed by atoms with van der Waals surface area (Å²) in [6.07, 6.45) is -0.368. The van der Waals surface area contributed by atoms with Crippen LogP contribution in [0, 0.1) is 6.92 Å². The Kier molecular flexibility index (Phi) is 7.60. The van der Waals surface area contributed by atoms with E-state index in [4.69, 9.17) is 9.47 Å². The van der Waals surface area contributed by atoms with Crippen LogP contribution in [0.4, 0.5) is 13.6 Å². The minimum atomic E-state index is -1.85. The lowest BCUT2D eigenvalue weighted by molar-refractivity contribution is 0.0488. The van der Waals surface area contributed by atoms with E-state index in [-0.39, 0.29) is 18.6 Å². The Morgan fingerprint density at radius 2 is 2.00 bits per heavy atom. The monoisotopic (exact) mass is 537 g/mol. The summed E-state index contributed by atoms with van der Waals surface area (Å²) < 4.78 is 38.6. The SMILES string of the molecule is Cc1nccc2c1c(=O)n(C)c1cc(OCC(CC=C(F)F)NC(=O)OC(C)(C)C)c(Br)cc21. The Hall–Kier alpha value is -3.01. The molecule has 1 unspecified atom stereocenters. The molecule has 3 rings (SSSR count). The van der Waals surface area contributed by atoms with Gasteiger partial charge in [0.2, 0.25) is 0 Å². The van der Waals surface area contributed by atoms with Gasteiger partial charge in [0.25, 0.3) is 11.6 Å². The van der Waals surface area contributed by atoms with Crippen molar-refractivity contribution in [3.63, 3.8) is 0 Å². The van der Waals surface area contributed by atoms with Gasteiger partial charge in [-0.3, -0.25) is 9.78 Å². The number of aromatic nitrogens is 2. The summed E-state index contributed by atoms with van der Waals surface area (Å²) in [6.45, 7) is 6.80. The molecule has 0 aliphatic carbocycles. The van der Waals surface area contributed by atoms with Crippen LogP contribution in [-0.2, 0) is 11.8 Å². The number of hydrogen-bond donors (Lipinski definition) is 1. The smallest absolute Gasteiger partial charge is 0.408 e. The number of hydrogen-bond acceptors (Lipinski definition) is 5. The van der Waals surface area contributed by atoms with Crippen LogP contribution in [-0.4, -0.2) is 33.9 Å². The van der Waals surface area contributed by atoms with Crippen LogP contribution >= 0.6 is 15.9 Å². The van der Waals surface area contributed by atoms with Gasteiger partial charge in [-0.25, -0.2) is 4.79 Å². The molecule has 1 amide bonds. The van der Waals surface area contributed by atoms with E-state index in [2.05, 4.69) is 26.2 Å². The zero-order chi connectivity index (χ0) is 25.2. The molecular formula is C24H26BrF2N3O4. The average Bonchev–Trinajstić information content (AvgIpc) is 2.72. The van der Waals surface area contributed by atoms with Crippen molar-refractivity contribution in [3.8, 4) is 5.75 Å². The Morgan fingerprint density at radius 3 is 2.65 bits per heavy atom. The van der Waals surface area contributed by atoms with Crippen LogP contribution < -0.4 is 15.6 Å². The fraction of sp³-hybridized carbons (Fsp3) is 0.375. The van der Waals surface area contributed by atoms with E-state index in [1.807, 2.05) is 6.07 Å². The predicted octanol–water partition coefficient (Wildman–Crippen LogP) is 5.60. The van der Waals surface area contributed by atoms with Crippen LogP contribution in [0.25, 0.3) is 21.7 Å². The summed E-state index contributed by atoms with van der Waals surface area (Å²) in [5, 5.41) is 4.70. The highest BCUT2D eigenvalue weighted by Gasteiger charge is 2.21. The van der Waals surface area contributed by atoms with Crippen molar-refractivity contribution in [2.24, 2.45) is 7.05 Å². The highest BCUT2D eigenvalue weighted by molar-refractivity contribution is 9.10. The molecule has 0 fully saturated rings. The summed E-state index contributed by atoms with van der Waals surface area (Å²) in [7, 11) is 1.66. The molecule has 0 saturated carbocycles. The molecule has 1 aromatic carbocycles. The van der Waals surface area contributed by atoms with Gasteiger partial charge >= 0.3 is 6.09 Å². The molecule has 1 N–H and O–H groups in total. The van der Waals surface area contributed by atoms with Gasteiger partial charge in [0.1, 0.15) is 18.0 Å². The van der Waals surface area contributed by atoms with Gasteiger partial charge in [-0.2, -0.15) is 8.78 Å². The number of pyridine rings is 2. The largest absolute Gasteiger partial charge is 0.490 e. The van der Waals surface area contributed by atoms with E-state index in [1.165, 1.54) is 4.57 Å². The standard InChI is InChI=1S/C24H26BrF2N3O4/c1-13-21-15(8-9-28-13)16-10-17(25)19(11-18(16)30(5)22(21)31)33-12-14(6-7-20(26)27)29-23(32)34-24(2,3)4/h7-11,14H,6,12H2,1-5H3,(H,29,32). The number of amides is 1. The van der Waals surface area contributed by atoms with E-state index >= 15 is 0 Å². The van der Waals surface area contributed by atoms with E-state index in [0.717, 1.165) is 10.8 Å². The zero-order valence-corrected chi connectivity index (χ0v) is 21.1. The highest BCUT2D eigenvalue weighted by Crippen LogP contribution is 2.33. The van der Waals surface area contributed by atoms with Gasteiger partial charge in [0.15, 0.2) is 0 Å². The van der Waals surface area contributed by atoms with Crippen molar-refractivity contribution in [1.29, 1.82) is 0 Å². The topological polar surface area (TPSA) is 82.5 Å². The molecule has 182 valence electrons. The third kappa shape index (κ3) is 5.91. The van der Waals surface area contributed by atoms with Gasteiger partial charge in [0, 0.05) is 24.7 Å². The summed E-state index contributed by atoms with van der Waals surface area (Å²) in [6, 6.07) is 4.56. The van der Waals surface area contributed by atoms with E-state index in [0.29, 0.717) is 32.9 Å². The Bertz CT molecular complexity index is 1330. The fourth-order valence-electron chi connectivity index (χ4n) is 3.55. The molecule has 0 spiro atoms. The molecule has 10 heteroatoms. The molecule has 34 heavy (non-hydrogen) atoms. The molecule has 0 bridgehead atoms. The van der Waals surface area contributed by atoms with E-state index in [1.54, 1.807) is 53.1 Å². The van der Waals surface area contributed by atoms with Crippen LogP contribution in [0.3, 0.4) is 0 Å². The molecule has 0 radical (unpaired) electrons. The number of carbonyl (C=O) groups is 1. The van der Waals surface area contributed by atoms with Crippen molar-refractivity contribution >= 4 is 43.7 Å². The zero-order valence-electron chi connectivity index (χ0n) is 19.5. The highest BCUT2D eigenvalue weighted by atomic mass is 79.9. The number of fused-ring (bicyclic) bond motifs is 3. The second-order valence-electron chi connectivity index (χ2n) is 8.87. The predicted molar refractivity (Wildman–Crippen MR) is 130 cm³/mol. The first-order valence-electron chi connectivity index (χ1n) is 10.6. The number of nitrogens with zero attached hydrogens (tertiary/aromatic N) is 2. The molecule has 0 aliphatic rings. The Balaban J connectivity index is 1.93. The minimum absolute atomic E-state index is 0.0995. The molecule has 2 aromatic heterocycles. The lowest BCUT2D eigenvalue weighted by atomic mass is 10.1. The molecular weight excluding hydrogens is 512 g/mol. The van der Waals surface area contributed by atoms with Gasteiger partial charge in [-0.05, 0) is 73.6 Å². The van der Waals surface area contributed by atoms with Crippen LogP contribution in [0.5, 0.6) is 5.75 Å². The van der Waals surface area contributed by atoms with Crippen LogP contribution in [0.1, 0.15) is 32.9 Å². The first-order valence-corrected chi connectivity index (χ1v) is 11.4. The number of carbonyl (C=O) groups excluding carboxylic acids is 1. The molecule has 3 aromatic rings. The van der Waals surface area contributed by atoms with E-state index < -0.39 is 23.8 Å². The summed E-state index contributed by atoms with van der Waals surface area (Å²) in [5.41, 5.74) is 0.349. The maximum atomic E-state index is 12.9. The first kappa shape index (κ1) is 25.6. The van der Waals surface area contributed by atoms with E-state index in [9.17, 15) is 18.4 Å². The molecule has 1 atom stereocenters. The second-order valence-corrected chi connectivity index (χ2v) is 9.72. The lowest BCUT2D eigenvalue weighted by Crippen LogP contribution is -2.42. The van der Waals surface area contributed by atoms with Gasteiger partial charge in [-0.15, -0.1) is 0 Å². The summed E-state index contributed by atoms with van der Waals surface area (Å²) in [4.78, 5) is 29.3. The molecule has 0 saturated heterocycles. The van der Waals surface area contributed by atoms with Crippen molar-refractivity contribution in [2.75, 3.05) is 6.61 Å². The summed E-state index contributed by atoms with van der Waals surface area (Å²) >= 11 is 3.50. The quantitative estimate of drug-likeness (QED) is 0.414. The fourth-order valence-corrected chi connectivity index (χ4v) is 4.01. The number of ether oxygens (including phenoxy) is 2. The number of nitrogens with one attached hydrogen (secondary N) is 1. The van der Waals surface area contributed by atoms with Crippen molar-refractivity contribution in [3.05, 3.63) is 57.1 Å². The van der Waals surface area contributed by atoms with Gasteiger partial charge in [-0.1, -0.05) is 0 Å². The number of halogens is 3.